The van der Waals surface area contributed by atoms with Gasteiger partial charge in [-0.05, 0) is 32.2 Å². The van der Waals surface area contributed by atoms with Crippen LogP contribution in [0.5, 0.6) is 0 Å². The van der Waals surface area contributed by atoms with Gasteiger partial charge in [0.25, 0.3) is 0 Å². The molecule has 0 saturated heterocycles. The number of hydrogen-bond donors (Lipinski definition) is 1. The van der Waals surface area contributed by atoms with Gasteiger partial charge in [0, 0.05) is 12.6 Å². The van der Waals surface area contributed by atoms with Crippen molar-refractivity contribution in [1.29, 1.82) is 0 Å². The molecule has 2 unspecified atom stereocenters. The Kier molecular flexibility index (Phi) is 4.00. The van der Waals surface area contributed by atoms with Gasteiger partial charge in [-0.15, -0.1) is 0 Å². The van der Waals surface area contributed by atoms with Gasteiger partial charge in [0.2, 0.25) is 0 Å². The molecule has 0 aromatic heterocycles. The predicted molar refractivity (Wildman–Crippen MR) is 53.5 cm³/mol. The molecule has 0 aliphatic heterocycles. The average molecular weight is 224 g/mol. The molecule has 2 atom stereocenters. The highest BCUT2D eigenvalue weighted by atomic mass is 19.4. The summed E-state index contributed by atoms with van der Waals surface area (Å²) in [6.07, 6.45) is -1.77. The first-order chi connectivity index (χ1) is 6.86. The molecule has 0 heterocycles. The summed E-state index contributed by atoms with van der Waals surface area (Å²) in [4.78, 5) is 1.37. The Balaban J connectivity index is 2.60. The Bertz CT molecular complexity index is 201. The maximum absolute atomic E-state index is 12.8. The molecular weight excluding hydrogens is 205 g/mol. The second-order valence-electron chi connectivity index (χ2n) is 4.44. The molecule has 0 aromatic carbocycles. The number of hydrogen-bond acceptors (Lipinski definition) is 2. The number of nitrogens with two attached hydrogens (primary N) is 1. The van der Waals surface area contributed by atoms with Crippen LogP contribution in [0.1, 0.15) is 26.2 Å². The van der Waals surface area contributed by atoms with Gasteiger partial charge in [-0.1, -0.05) is 6.92 Å². The van der Waals surface area contributed by atoms with Crippen LogP contribution >= 0.6 is 0 Å². The summed E-state index contributed by atoms with van der Waals surface area (Å²) in [6, 6.07) is -2.32. The standard InChI is InChI=1S/C10H19F3N2/c1-3-8(14)9(10(11,12)13)15(2)6-7-4-5-7/h7-9H,3-6,14H2,1-2H3. The maximum Gasteiger partial charge on any atom is 0.405 e. The van der Waals surface area contributed by atoms with E-state index in [4.69, 9.17) is 5.73 Å². The molecule has 2 N–H and O–H groups in total. The molecule has 1 fully saturated rings. The van der Waals surface area contributed by atoms with E-state index in [9.17, 15) is 13.2 Å². The minimum atomic E-state index is -4.22. The van der Waals surface area contributed by atoms with Crippen molar-refractivity contribution in [2.75, 3.05) is 13.6 Å². The summed E-state index contributed by atoms with van der Waals surface area (Å²) in [6.45, 7) is 2.20. The van der Waals surface area contributed by atoms with E-state index in [1.165, 1.54) is 11.9 Å². The van der Waals surface area contributed by atoms with Crippen LogP contribution in [0.25, 0.3) is 0 Å². The van der Waals surface area contributed by atoms with Gasteiger partial charge in [0.1, 0.15) is 6.04 Å². The molecule has 90 valence electrons. The Morgan fingerprint density at radius 1 is 1.40 bits per heavy atom. The van der Waals surface area contributed by atoms with E-state index in [-0.39, 0.29) is 0 Å². The minimum absolute atomic E-state index is 0.346. The SMILES string of the molecule is CCC(N)C(N(C)CC1CC1)C(F)(F)F. The second kappa shape index (κ2) is 4.70. The van der Waals surface area contributed by atoms with Crippen LogP contribution in [0.3, 0.4) is 0 Å². The van der Waals surface area contributed by atoms with E-state index in [2.05, 4.69) is 0 Å². The van der Waals surface area contributed by atoms with Gasteiger partial charge in [-0.25, -0.2) is 0 Å². The third-order valence-corrected chi connectivity index (χ3v) is 2.93. The van der Waals surface area contributed by atoms with Crippen LogP contribution in [-0.4, -0.2) is 36.8 Å². The van der Waals surface area contributed by atoms with Crippen molar-refractivity contribution in [2.45, 2.75) is 44.4 Å². The van der Waals surface area contributed by atoms with Crippen molar-refractivity contribution in [2.24, 2.45) is 11.7 Å². The number of likely N-dealkylation sites (N-methyl/N-ethyl adjacent to an activating group) is 1. The van der Waals surface area contributed by atoms with Crippen LogP contribution in [0.4, 0.5) is 13.2 Å². The highest BCUT2D eigenvalue weighted by Crippen LogP contribution is 2.33. The van der Waals surface area contributed by atoms with E-state index in [0.717, 1.165) is 12.8 Å². The van der Waals surface area contributed by atoms with E-state index in [1.54, 1.807) is 6.92 Å². The predicted octanol–water partition coefficient (Wildman–Crippen LogP) is 2.00. The first kappa shape index (κ1) is 12.8. The lowest BCUT2D eigenvalue weighted by atomic mass is 10.0. The van der Waals surface area contributed by atoms with Crippen LogP contribution in [-0.2, 0) is 0 Å². The Morgan fingerprint density at radius 2 is 1.93 bits per heavy atom. The summed E-state index contributed by atoms with van der Waals surface area (Å²) < 4.78 is 38.3. The lowest BCUT2D eigenvalue weighted by Crippen LogP contribution is -2.55. The highest BCUT2D eigenvalue weighted by Gasteiger charge is 2.46. The van der Waals surface area contributed by atoms with Crippen molar-refractivity contribution >= 4 is 0 Å². The molecule has 0 aromatic rings. The minimum Gasteiger partial charge on any atom is -0.326 e. The largest absolute Gasteiger partial charge is 0.405 e. The van der Waals surface area contributed by atoms with Crippen LogP contribution in [0.2, 0.25) is 0 Å². The van der Waals surface area contributed by atoms with Crippen molar-refractivity contribution in [1.82, 2.24) is 4.90 Å². The van der Waals surface area contributed by atoms with Crippen LogP contribution in [0, 0.1) is 5.92 Å². The summed E-state index contributed by atoms with van der Waals surface area (Å²) in [5.74, 6) is 0.448. The van der Waals surface area contributed by atoms with E-state index < -0.39 is 18.3 Å². The van der Waals surface area contributed by atoms with Gasteiger partial charge in [-0.3, -0.25) is 4.90 Å². The summed E-state index contributed by atoms with van der Waals surface area (Å²) in [5.41, 5.74) is 5.54. The molecule has 5 heteroatoms. The quantitative estimate of drug-likeness (QED) is 0.774. The van der Waals surface area contributed by atoms with Crippen molar-refractivity contribution < 1.29 is 13.2 Å². The topological polar surface area (TPSA) is 29.3 Å². The summed E-state index contributed by atoms with van der Waals surface area (Å²) in [5, 5.41) is 0. The zero-order chi connectivity index (χ0) is 11.6. The fourth-order valence-corrected chi connectivity index (χ4v) is 1.86. The molecule has 0 amide bonds. The highest BCUT2D eigenvalue weighted by molar-refractivity contribution is 4.88. The Hall–Kier alpha value is -0.290. The van der Waals surface area contributed by atoms with Gasteiger partial charge in [0.05, 0.1) is 0 Å². The molecule has 2 nitrogen and oxygen atoms in total. The van der Waals surface area contributed by atoms with Gasteiger partial charge in [0.15, 0.2) is 0 Å². The van der Waals surface area contributed by atoms with Gasteiger partial charge in [-0.2, -0.15) is 13.2 Å². The molecule has 0 radical (unpaired) electrons. The zero-order valence-electron chi connectivity index (χ0n) is 9.22. The fourth-order valence-electron chi connectivity index (χ4n) is 1.86. The molecule has 0 spiro atoms. The van der Waals surface area contributed by atoms with Gasteiger partial charge >= 0.3 is 6.18 Å². The third kappa shape index (κ3) is 3.65. The number of halogens is 3. The lowest BCUT2D eigenvalue weighted by Gasteiger charge is -2.33. The molecule has 15 heavy (non-hydrogen) atoms. The molecular formula is C10H19F3N2. The van der Waals surface area contributed by atoms with E-state index in [0.29, 0.717) is 18.9 Å². The molecule has 0 bridgehead atoms. The maximum atomic E-state index is 12.8. The first-order valence-corrected chi connectivity index (χ1v) is 5.38. The molecule has 1 aliphatic carbocycles. The molecule has 1 aliphatic rings. The van der Waals surface area contributed by atoms with Crippen molar-refractivity contribution in [3.05, 3.63) is 0 Å². The van der Waals surface area contributed by atoms with E-state index >= 15 is 0 Å². The number of alkyl halides is 3. The van der Waals surface area contributed by atoms with Crippen molar-refractivity contribution in [3.8, 4) is 0 Å². The molecule has 1 rings (SSSR count). The van der Waals surface area contributed by atoms with E-state index in [1.807, 2.05) is 0 Å². The number of nitrogens with zero attached hydrogens (tertiary/aromatic N) is 1. The Morgan fingerprint density at radius 3 is 2.27 bits per heavy atom. The average Bonchev–Trinajstić information content (AvgIpc) is 2.85. The number of rotatable bonds is 5. The molecule has 1 saturated carbocycles. The fraction of sp³-hybridized carbons (Fsp3) is 1.00. The second-order valence-corrected chi connectivity index (χ2v) is 4.44. The van der Waals surface area contributed by atoms with Crippen molar-refractivity contribution in [3.63, 3.8) is 0 Å². The first-order valence-electron chi connectivity index (χ1n) is 5.38. The van der Waals surface area contributed by atoms with Crippen LogP contribution in [0.15, 0.2) is 0 Å². The summed E-state index contributed by atoms with van der Waals surface area (Å²) >= 11 is 0. The lowest BCUT2D eigenvalue weighted by molar-refractivity contribution is -0.186. The third-order valence-electron chi connectivity index (χ3n) is 2.93. The zero-order valence-corrected chi connectivity index (χ0v) is 9.22. The van der Waals surface area contributed by atoms with Crippen LogP contribution < -0.4 is 5.73 Å². The van der Waals surface area contributed by atoms with Gasteiger partial charge < -0.3 is 5.73 Å². The monoisotopic (exact) mass is 224 g/mol. The Labute approximate surface area is 88.6 Å². The smallest absolute Gasteiger partial charge is 0.326 e. The summed E-state index contributed by atoms with van der Waals surface area (Å²) in [7, 11) is 1.52. The normalized spacial score (nSPS) is 21.8.